The van der Waals surface area contributed by atoms with Gasteiger partial charge < -0.3 is 15.0 Å². The summed E-state index contributed by atoms with van der Waals surface area (Å²) >= 11 is 3.58. The fourth-order valence-corrected chi connectivity index (χ4v) is 5.83. The number of ether oxygens (including phenoxy) is 1. The molecule has 1 aliphatic rings. The van der Waals surface area contributed by atoms with E-state index in [0.29, 0.717) is 0 Å². The first-order valence-corrected chi connectivity index (χ1v) is 14.9. The number of nitrogens with zero attached hydrogens (tertiary/aromatic N) is 3. The molecule has 5 nitrogen and oxygen atoms in total. The van der Waals surface area contributed by atoms with Crippen LogP contribution in [0, 0.1) is 6.92 Å². The van der Waals surface area contributed by atoms with Gasteiger partial charge in [0, 0.05) is 9.86 Å². The summed E-state index contributed by atoms with van der Waals surface area (Å²) < 4.78 is 6.89. The molecule has 0 unspecified atom stereocenters. The van der Waals surface area contributed by atoms with Crippen molar-refractivity contribution in [3.05, 3.63) is 57.8 Å². The first-order chi connectivity index (χ1) is 18.0. The standard InChI is InChI=1S/C31H43BrN4O/c1-23(25-15-13-16-27(32)20-25)33-31-28-22-30(37-3)26(21-29(28)34-24(2)35-31)14-9-6-4-5-7-10-17-36-18-11-8-12-19-36/h13,15-16,20-23H,4-12,14,17-19H2,1-3H3,(H,33,34,35)/t23-/m1/s1. The van der Waals surface area contributed by atoms with E-state index >= 15 is 0 Å². The largest absolute Gasteiger partial charge is 0.496 e. The van der Waals surface area contributed by atoms with Gasteiger partial charge in [-0.25, -0.2) is 9.97 Å². The molecule has 0 saturated carbocycles. The van der Waals surface area contributed by atoms with Gasteiger partial charge in [-0.3, -0.25) is 0 Å². The average Bonchev–Trinajstić information content (AvgIpc) is 2.90. The van der Waals surface area contributed by atoms with Gasteiger partial charge in [-0.05, 0) is 101 Å². The highest BCUT2D eigenvalue weighted by Gasteiger charge is 2.15. The lowest BCUT2D eigenvalue weighted by atomic mass is 10.0. The van der Waals surface area contributed by atoms with Crippen molar-refractivity contribution in [3.8, 4) is 5.75 Å². The van der Waals surface area contributed by atoms with E-state index in [1.165, 1.54) is 88.5 Å². The minimum absolute atomic E-state index is 0.112. The highest BCUT2D eigenvalue weighted by molar-refractivity contribution is 9.10. The minimum Gasteiger partial charge on any atom is -0.496 e. The third kappa shape index (κ3) is 8.15. The molecule has 1 saturated heterocycles. The number of fused-ring (bicyclic) bond motifs is 1. The van der Waals surface area contributed by atoms with E-state index in [2.05, 4.69) is 63.4 Å². The number of aromatic nitrogens is 2. The number of aryl methyl sites for hydroxylation is 2. The summed E-state index contributed by atoms with van der Waals surface area (Å²) in [6.07, 6.45) is 13.1. The van der Waals surface area contributed by atoms with Gasteiger partial charge in [-0.15, -0.1) is 0 Å². The molecule has 0 amide bonds. The predicted octanol–water partition coefficient (Wildman–Crippen LogP) is 8.25. The summed E-state index contributed by atoms with van der Waals surface area (Å²) in [5.74, 6) is 2.56. The number of benzene rings is 2. The quantitative estimate of drug-likeness (QED) is 0.211. The van der Waals surface area contributed by atoms with Crippen molar-refractivity contribution in [2.45, 2.75) is 84.1 Å². The molecule has 1 fully saturated rings. The summed E-state index contributed by atoms with van der Waals surface area (Å²) in [6, 6.07) is 12.8. The van der Waals surface area contributed by atoms with Crippen LogP contribution in [0.5, 0.6) is 5.75 Å². The van der Waals surface area contributed by atoms with Gasteiger partial charge in [0.15, 0.2) is 0 Å². The first kappa shape index (κ1) is 27.8. The second kappa shape index (κ2) is 14.1. The van der Waals surface area contributed by atoms with Crippen LogP contribution >= 0.6 is 15.9 Å². The Labute approximate surface area is 231 Å². The Morgan fingerprint density at radius 2 is 1.73 bits per heavy atom. The van der Waals surface area contributed by atoms with Gasteiger partial charge in [-0.1, -0.05) is 60.2 Å². The molecular formula is C31H43BrN4O. The van der Waals surface area contributed by atoms with Crippen molar-refractivity contribution in [2.75, 3.05) is 32.1 Å². The van der Waals surface area contributed by atoms with Crippen molar-refractivity contribution in [1.29, 1.82) is 0 Å². The van der Waals surface area contributed by atoms with Crippen LogP contribution in [0.3, 0.4) is 0 Å². The molecular weight excluding hydrogens is 524 g/mol. The van der Waals surface area contributed by atoms with Crippen LogP contribution in [0.25, 0.3) is 10.9 Å². The Kier molecular flexibility index (Phi) is 10.6. The summed E-state index contributed by atoms with van der Waals surface area (Å²) in [7, 11) is 1.76. The molecule has 0 radical (unpaired) electrons. The maximum absolute atomic E-state index is 5.82. The van der Waals surface area contributed by atoms with Crippen LogP contribution < -0.4 is 10.1 Å². The highest BCUT2D eigenvalue weighted by atomic mass is 79.9. The molecule has 0 aliphatic carbocycles. The Hall–Kier alpha value is -2.18. The van der Waals surface area contributed by atoms with Crippen LogP contribution in [0.4, 0.5) is 5.82 Å². The SMILES string of the molecule is COc1cc2c(N[C@H](C)c3cccc(Br)c3)nc(C)nc2cc1CCCCCCCCN1CCCCC1. The molecule has 2 aromatic carbocycles. The maximum Gasteiger partial charge on any atom is 0.138 e. The van der Waals surface area contributed by atoms with Crippen LogP contribution in [-0.2, 0) is 6.42 Å². The zero-order valence-corrected chi connectivity index (χ0v) is 24.4. The van der Waals surface area contributed by atoms with Crippen LogP contribution in [-0.4, -0.2) is 41.6 Å². The Bertz CT molecular complexity index is 1150. The summed E-state index contributed by atoms with van der Waals surface area (Å²) in [5, 5.41) is 4.61. The number of hydrogen-bond donors (Lipinski definition) is 1. The van der Waals surface area contributed by atoms with Crippen molar-refractivity contribution in [3.63, 3.8) is 0 Å². The second-order valence-corrected chi connectivity index (χ2v) is 11.4. The molecule has 3 aromatic rings. The zero-order valence-electron chi connectivity index (χ0n) is 22.9. The van der Waals surface area contributed by atoms with E-state index in [4.69, 9.17) is 14.7 Å². The molecule has 4 rings (SSSR count). The lowest BCUT2D eigenvalue weighted by Gasteiger charge is -2.26. The smallest absolute Gasteiger partial charge is 0.138 e. The van der Waals surface area contributed by atoms with Crippen molar-refractivity contribution >= 4 is 32.7 Å². The number of anilines is 1. The van der Waals surface area contributed by atoms with E-state index in [0.717, 1.165) is 39.2 Å². The number of nitrogens with one attached hydrogen (secondary N) is 1. The molecule has 2 heterocycles. The predicted molar refractivity (Wildman–Crippen MR) is 159 cm³/mol. The molecule has 37 heavy (non-hydrogen) atoms. The van der Waals surface area contributed by atoms with Gasteiger partial charge >= 0.3 is 0 Å². The topological polar surface area (TPSA) is 50.3 Å². The first-order valence-electron chi connectivity index (χ1n) is 14.1. The fraction of sp³-hybridized carbons (Fsp3) is 0.548. The van der Waals surface area contributed by atoms with Crippen molar-refractivity contribution < 1.29 is 4.74 Å². The average molecular weight is 568 g/mol. The number of methoxy groups -OCH3 is 1. The molecule has 6 heteroatoms. The van der Waals surface area contributed by atoms with E-state index in [-0.39, 0.29) is 6.04 Å². The molecule has 1 aromatic heterocycles. The number of unbranched alkanes of at least 4 members (excludes halogenated alkanes) is 5. The van der Waals surface area contributed by atoms with Gasteiger partial charge in [0.2, 0.25) is 0 Å². The monoisotopic (exact) mass is 566 g/mol. The Balaban J connectivity index is 1.32. The number of rotatable bonds is 13. The van der Waals surface area contributed by atoms with Crippen molar-refractivity contribution in [2.24, 2.45) is 0 Å². The minimum atomic E-state index is 0.112. The molecule has 1 atom stereocenters. The van der Waals surface area contributed by atoms with E-state index in [1.54, 1.807) is 7.11 Å². The van der Waals surface area contributed by atoms with E-state index in [9.17, 15) is 0 Å². The number of hydrogen-bond acceptors (Lipinski definition) is 5. The number of likely N-dealkylation sites (tertiary alicyclic amines) is 1. The third-order valence-corrected chi connectivity index (χ3v) is 8.02. The molecule has 0 bridgehead atoms. The van der Waals surface area contributed by atoms with Crippen LogP contribution in [0.15, 0.2) is 40.9 Å². The Morgan fingerprint density at radius 1 is 0.973 bits per heavy atom. The number of halogens is 1. The molecule has 1 aliphatic heterocycles. The normalized spacial score (nSPS) is 15.1. The second-order valence-electron chi connectivity index (χ2n) is 10.5. The molecule has 1 N–H and O–H groups in total. The third-order valence-electron chi connectivity index (χ3n) is 7.53. The maximum atomic E-state index is 5.82. The van der Waals surface area contributed by atoms with Gasteiger partial charge in [0.05, 0.1) is 18.7 Å². The van der Waals surface area contributed by atoms with E-state index in [1.807, 2.05) is 13.0 Å². The lowest BCUT2D eigenvalue weighted by molar-refractivity contribution is 0.224. The van der Waals surface area contributed by atoms with Crippen LogP contribution in [0.2, 0.25) is 0 Å². The lowest BCUT2D eigenvalue weighted by Crippen LogP contribution is -2.30. The van der Waals surface area contributed by atoms with Crippen molar-refractivity contribution in [1.82, 2.24) is 14.9 Å². The van der Waals surface area contributed by atoms with E-state index < -0.39 is 0 Å². The fourth-order valence-electron chi connectivity index (χ4n) is 5.42. The Morgan fingerprint density at radius 3 is 2.49 bits per heavy atom. The summed E-state index contributed by atoms with van der Waals surface area (Å²) in [6.45, 7) is 8.06. The molecule has 0 spiro atoms. The van der Waals surface area contributed by atoms with Gasteiger partial charge in [0.25, 0.3) is 0 Å². The summed E-state index contributed by atoms with van der Waals surface area (Å²) in [4.78, 5) is 12.2. The van der Waals surface area contributed by atoms with Gasteiger partial charge in [-0.2, -0.15) is 0 Å². The number of piperidine rings is 1. The summed E-state index contributed by atoms with van der Waals surface area (Å²) in [5.41, 5.74) is 3.42. The van der Waals surface area contributed by atoms with Crippen LogP contribution in [0.1, 0.15) is 87.7 Å². The zero-order chi connectivity index (χ0) is 26.0. The molecule has 200 valence electrons. The highest BCUT2D eigenvalue weighted by Crippen LogP contribution is 2.32. The van der Waals surface area contributed by atoms with Gasteiger partial charge in [0.1, 0.15) is 17.4 Å².